The van der Waals surface area contributed by atoms with E-state index in [1.807, 2.05) is 6.07 Å². The van der Waals surface area contributed by atoms with E-state index in [0.717, 1.165) is 8.95 Å². The summed E-state index contributed by atoms with van der Waals surface area (Å²) in [6, 6.07) is 12.1. The number of rotatable bonds is 3. The van der Waals surface area contributed by atoms with Crippen molar-refractivity contribution in [3.05, 3.63) is 62.5 Å². The Labute approximate surface area is 150 Å². The van der Waals surface area contributed by atoms with Crippen LogP contribution in [-0.4, -0.2) is 23.8 Å². The molecule has 1 heterocycles. The van der Waals surface area contributed by atoms with Crippen LogP contribution in [-0.2, 0) is 10.4 Å². The molecule has 0 aliphatic carbocycles. The van der Waals surface area contributed by atoms with Crippen LogP contribution in [0.25, 0.3) is 0 Å². The topological polar surface area (TPSA) is 57.6 Å². The van der Waals surface area contributed by atoms with Crippen LogP contribution < -0.4 is 4.90 Å². The van der Waals surface area contributed by atoms with Gasteiger partial charge in [0.15, 0.2) is 11.4 Å². The minimum Gasteiger partial charge on any atom is -0.375 e. The largest absolute Gasteiger partial charge is 0.375 e. The van der Waals surface area contributed by atoms with Crippen LogP contribution >= 0.6 is 31.9 Å². The third-order valence-corrected chi connectivity index (χ3v) is 4.97. The summed E-state index contributed by atoms with van der Waals surface area (Å²) in [6.45, 7) is 0. The first kappa shape index (κ1) is 16.4. The van der Waals surface area contributed by atoms with Crippen molar-refractivity contribution in [1.29, 1.82) is 0 Å². The van der Waals surface area contributed by atoms with Crippen LogP contribution in [0.4, 0.5) is 5.69 Å². The second-order valence-electron chi connectivity index (χ2n) is 5.50. The first-order valence-electron chi connectivity index (χ1n) is 6.92. The lowest BCUT2D eigenvalue weighted by Crippen LogP contribution is -2.40. The predicted octanol–water partition coefficient (Wildman–Crippen LogP) is 3.65. The highest BCUT2D eigenvalue weighted by atomic mass is 79.9. The molecule has 0 radical (unpaired) electrons. The number of carbonyl (C=O) groups is 2. The molecule has 2 aromatic carbocycles. The number of anilines is 1. The number of aliphatic hydroxyl groups is 1. The minimum absolute atomic E-state index is 0.289. The number of Topliss-reactive ketones (excluding diaryl/α,β-unsaturated/α-hetero) is 1. The molecule has 118 valence electrons. The van der Waals surface area contributed by atoms with E-state index < -0.39 is 11.5 Å². The van der Waals surface area contributed by atoms with Crippen molar-refractivity contribution in [2.75, 3.05) is 11.9 Å². The highest BCUT2D eigenvalue weighted by molar-refractivity contribution is 9.10. The number of hydrogen-bond acceptors (Lipinski definition) is 3. The molecule has 0 unspecified atom stereocenters. The van der Waals surface area contributed by atoms with Gasteiger partial charge in [-0.3, -0.25) is 9.59 Å². The second kappa shape index (κ2) is 5.85. The Kier molecular flexibility index (Phi) is 4.16. The van der Waals surface area contributed by atoms with Gasteiger partial charge < -0.3 is 10.0 Å². The number of likely N-dealkylation sites (N-methyl/N-ethyl adjacent to an activating group) is 1. The minimum atomic E-state index is -1.84. The quantitative estimate of drug-likeness (QED) is 0.744. The zero-order chi connectivity index (χ0) is 16.8. The van der Waals surface area contributed by atoms with E-state index in [2.05, 4.69) is 31.9 Å². The normalized spacial score (nSPS) is 19.8. The molecule has 1 aliphatic heterocycles. The molecule has 4 nitrogen and oxygen atoms in total. The number of ketones is 1. The molecule has 1 atom stereocenters. The molecule has 0 fully saturated rings. The third kappa shape index (κ3) is 2.75. The Morgan fingerprint density at radius 3 is 2.57 bits per heavy atom. The van der Waals surface area contributed by atoms with Crippen molar-refractivity contribution in [2.24, 2.45) is 0 Å². The highest BCUT2D eigenvalue weighted by Crippen LogP contribution is 2.43. The van der Waals surface area contributed by atoms with Gasteiger partial charge in [-0.25, -0.2) is 0 Å². The molecule has 1 aliphatic rings. The van der Waals surface area contributed by atoms with Gasteiger partial charge in [0.25, 0.3) is 5.91 Å². The van der Waals surface area contributed by atoms with E-state index in [9.17, 15) is 14.7 Å². The summed E-state index contributed by atoms with van der Waals surface area (Å²) in [5.41, 5.74) is -0.329. The zero-order valence-electron chi connectivity index (χ0n) is 12.2. The van der Waals surface area contributed by atoms with Crippen LogP contribution in [0.15, 0.2) is 51.4 Å². The standard InChI is InChI=1S/C17H13Br2NO3/c1-20-14-6-5-12(19)8-13(14)17(23,16(20)22)9-15(21)10-3-2-4-11(18)7-10/h2-8,23H,9H2,1H3/t17-/m1/s1. The van der Waals surface area contributed by atoms with Crippen LogP contribution in [0.3, 0.4) is 0 Å². The molecule has 1 N–H and O–H groups in total. The number of fused-ring (bicyclic) bond motifs is 1. The number of benzene rings is 2. The van der Waals surface area contributed by atoms with Gasteiger partial charge in [0.05, 0.1) is 12.1 Å². The summed E-state index contributed by atoms with van der Waals surface area (Å²) in [5, 5.41) is 11.0. The third-order valence-electron chi connectivity index (χ3n) is 3.99. The van der Waals surface area contributed by atoms with E-state index in [-0.39, 0.29) is 12.2 Å². The van der Waals surface area contributed by atoms with E-state index in [1.165, 1.54) is 4.90 Å². The van der Waals surface area contributed by atoms with Crippen molar-refractivity contribution in [3.8, 4) is 0 Å². The molecule has 23 heavy (non-hydrogen) atoms. The Morgan fingerprint density at radius 1 is 1.17 bits per heavy atom. The fourth-order valence-electron chi connectivity index (χ4n) is 2.80. The van der Waals surface area contributed by atoms with Crippen LogP contribution in [0, 0.1) is 0 Å². The van der Waals surface area contributed by atoms with E-state index in [1.54, 1.807) is 43.4 Å². The number of nitrogens with zero attached hydrogens (tertiary/aromatic N) is 1. The van der Waals surface area contributed by atoms with Gasteiger partial charge >= 0.3 is 0 Å². The molecule has 2 aromatic rings. The maximum atomic E-state index is 12.5. The molecule has 0 saturated heterocycles. The molecule has 0 bridgehead atoms. The van der Waals surface area contributed by atoms with Crippen LogP contribution in [0.5, 0.6) is 0 Å². The van der Waals surface area contributed by atoms with Crippen molar-refractivity contribution in [3.63, 3.8) is 0 Å². The van der Waals surface area contributed by atoms with Gasteiger partial charge in [-0.2, -0.15) is 0 Å². The monoisotopic (exact) mass is 437 g/mol. The highest BCUT2D eigenvalue weighted by Gasteiger charge is 2.49. The first-order chi connectivity index (χ1) is 10.8. The molecule has 1 amide bonds. The van der Waals surface area contributed by atoms with Crippen LogP contribution in [0.2, 0.25) is 0 Å². The van der Waals surface area contributed by atoms with Gasteiger partial charge in [-0.15, -0.1) is 0 Å². The smallest absolute Gasteiger partial charge is 0.263 e. The zero-order valence-corrected chi connectivity index (χ0v) is 15.4. The lowest BCUT2D eigenvalue weighted by atomic mass is 9.88. The summed E-state index contributed by atoms with van der Waals surface area (Å²) >= 11 is 6.66. The molecular weight excluding hydrogens is 426 g/mol. The van der Waals surface area contributed by atoms with Gasteiger partial charge in [-0.1, -0.05) is 44.0 Å². The number of hydrogen-bond donors (Lipinski definition) is 1. The first-order valence-corrected chi connectivity index (χ1v) is 8.51. The summed E-state index contributed by atoms with van der Waals surface area (Å²) in [5.74, 6) is -0.780. The number of carbonyl (C=O) groups excluding carboxylic acids is 2. The van der Waals surface area contributed by atoms with Gasteiger partial charge in [0.2, 0.25) is 0 Å². The van der Waals surface area contributed by atoms with E-state index in [0.29, 0.717) is 16.8 Å². The maximum Gasteiger partial charge on any atom is 0.263 e. The summed E-state index contributed by atoms with van der Waals surface area (Å²) in [4.78, 5) is 26.5. The molecule has 0 aromatic heterocycles. The summed E-state index contributed by atoms with van der Waals surface area (Å²) < 4.78 is 1.51. The van der Waals surface area contributed by atoms with Crippen molar-refractivity contribution in [2.45, 2.75) is 12.0 Å². The van der Waals surface area contributed by atoms with Gasteiger partial charge in [0.1, 0.15) is 0 Å². The maximum absolute atomic E-state index is 12.5. The van der Waals surface area contributed by atoms with Gasteiger partial charge in [0, 0.05) is 27.1 Å². The van der Waals surface area contributed by atoms with Crippen molar-refractivity contribution < 1.29 is 14.7 Å². The molecule has 6 heteroatoms. The lowest BCUT2D eigenvalue weighted by molar-refractivity contribution is -0.135. The molecule has 3 rings (SSSR count). The number of amides is 1. The lowest BCUT2D eigenvalue weighted by Gasteiger charge is -2.21. The van der Waals surface area contributed by atoms with E-state index >= 15 is 0 Å². The Morgan fingerprint density at radius 2 is 1.87 bits per heavy atom. The van der Waals surface area contributed by atoms with Crippen LogP contribution in [0.1, 0.15) is 22.3 Å². The SMILES string of the molecule is CN1C(=O)[C@@](O)(CC(=O)c2cccc(Br)c2)c2cc(Br)ccc21. The molecule has 0 saturated carbocycles. The fourth-order valence-corrected chi connectivity index (χ4v) is 3.56. The van der Waals surface area contributed by atoms with Gasteiger partial charge in [-0.05, 0) is 30.3 Å². The van der Waals surface area contributed by atoms with E-state index in [4.69, 9.17) is 0 Å². The molecule has 0 spiro atoms. The Hall–Kier alpha value is -1.50. The average Bonchev–Trinajstić information content (AvgIpc) is 2.69. The number of halogens is 2. The Bertz CT molecular complexity index is 821. The van der Waals surface area contributed by atoms with Crippen molar-refractivity contribution in [1.82, 2.24) is 0 Å². The fraction of sp³-hybridized carbons (Fsp3) is 0.176. The summed E-state index contributed by atoms with van der Waals surface area (Å²) in [6.07, 6.45) is -0.296. The summed E-state index contributed by atoms with van der Waals surface area (Å²) in [7, 11) is 1.59. The average molecular weight is 439 g/mol. The predicted molar refractivity (Wildman–Crippen MR) is 94.5 cm³/mol. The molecular formula is C17H13Br2NO3. The second-order valence-corrected chi connectivity index (χ2v) is 7.33. The Balaban J connectivity index is 2.00. The van der Waals surface area contributed by atoms with Crippen molar-refractivity contribution >= 4 is 49.2 Å².